The van der Waals surface area contributed by atoms with Crippen molar-refractivity contribution in [2.75, 3.05) is 11.1 Å². The summed E-state index contributed by atoms with van der Waals surface area (Å²) in [4.78, 5) is 22.7. The third-order valence-corrected chi connectivity index (χ3v) is 6.88. The Morgan fingerprint density at radius 2 is 1.76 bits per heavy atom. The van der Waals surface area contributed by atoms with Crippen LogP contribution >= 0.6 is 0 Å². The first-order valence-corrected chi connectivity index (χ1v) is 12.6. The predicted molar refractivity (Wildman–Crippen MR) is 147 cm³/mol. The number of pyridine rings is 1. The predicted octanol–water partition coefficient (Wildman–Crippen LogP) is 4.48. The molecule has 1 aliphatic rings. The molecule has 188 valence electrons. The van der Waals surface area contributed by atoms with E-state index in [1.165, 1.54) is 4.57 Å². The molecule has 1 fully saturated rings. The third-order valence-electron chi connectivity index (χ3n) is 6.88. The number of hydrogen-bond acceptors (Lipinski definition) is 5. The lowest BCUT2D eigenvalue weighted by Gasteiger charge is -2.22. The molecule has 0 unspecified atom stereocenters. The van der Waals surface area contributed by atoms with E-state index in [4.69, 9.17) is 16.1 Å². The van der Waals surface area contributed by atoms with Gasteiger partial charge in [-0.25, -0.2) is 0 Å². The van der Waals surface area contributed by atoms with Gasteiger partial charge in [0.05, 0.1) is 12.2 Å². The van der Waals surface area contributed by atoms with E-state index in [1.807, 2.05) is 72.8 Å². The summed E-state index contributed by atoms with van der Waals surface area (Å²) in [6, 6.07) is 23.6. The zero-order valence-corrected chi connectivity index (χ0v) is 20.9. The fourth-order valence-corrected chi connectivity index (χ4v) is 4.85. The van der Waals surface area contributed by atoms with E-state index >= 15 is 0 Å². The van der Waals surface area contributed by atoms with Crippen LogP contribution in [0.1, 0.15) is 42.9 Å². The number of rotatable bonds is 6. The van der Waals surface area contributed by atoms with Gasteiger partial charge < -0.3 is 11.1 Å². The third kappa shape index (κ3) is 5.09. The van der Waals surface area contributed by atoms with Crippen LogP contribution in [0.15, 0.2) is 88.8 Å². The molecule has 0 aliphatic heterocycles. The molecule has 0 bridgehead atoms. The highest BCUT2D eigenvalue weighted by molar-refractivity contribution is 6.10. The standard InChI is InChI=1S/C29H31N7O/c1-35-28(37)25(26(30)36(29(35)31)23-11-5-6-12-23)27(34-22-9-3-2-4-10-22)33-19-20-14-16-21(17-15-20)24-13-7-8-18-32-24/h2-4,7-10,13-18,23,31H,5-6,11-12,19,30H2,1H3,(H,33,34). The smallest absolute Gasteiger partial charge is 0.267 e. The molecule has 4 N–H and O–H groups in total. The van der Waals surface area contributed by atoms with Crippen LogP contribution in [0.25, 0.3) is 11.3 Å². The number of anilines is 2. The van der Waals surface area contributed by atoms with E-state index in [1.54, 1.807) is 17.8 Å². The monoisotopic (exact) mass is 493 g/mol. The Kier molecular flexibility index (Phi) is 6.98. The molecule has 0 radical (unpaired) electrons. The number of nitrogens with zero attached hydrogens (tertiary/aromatic N) is 4. The number of nitrogens with two attached hydrogens (primary N) is 1. The number of nitrogen functional groups attached to an aromatic ring is 1. The number of benzene rings is 2. The summed E-state index contributed by atoms with van der Waals surface area (Å²) >= 11 is 0. The number of aliphatic imine (C=N–C) groups is 1. The molecule has 2 heterocycles. The average Bonchev–Trinajstić information content (AvgIpc) is 3.46. The normalized spacial score (nSPS) is 14.1. The Bertz CT molecular complexity index is 1520. The van der Waals surface area contributed by atoms with Gasteiger partial charge in [0, 0.05) is 30.5 Å². The van der Waals surface area contributed by atoms with Crippen LogP contribution in [0.2, 0.25) is 0 Å². The fourth-order valence-electron chi connectivity index (χ4n) is 4.85. The van der Waals surface area contributed by atoms with E-state index in [2.05, 4.69) is 10.3 Å². The molecule has 0 saturated heterocycles. The van der Waals surface area contributed by atoms with Crippen molar-refractivity contribution in [1.82, 2.24) is 14.1 Å². The summed E-state index contributed by atoms with van der Waals surface area (Å²) in [5.41, 5.74) is 10.4. The topological polar surface area (TPSA) is 114 Å². The van der Waals surface area contributed by atoms with E-state index in [0.717, 1.165) is 48.2 Å². The Balaban J connectivity index is 1.55. The molecule has 1 saturated carbocycles. The van der Waals surface area contributed by atoms with Gasteiger partial charge in [-0.2, -0.15) is 0 Å². The first kappa shape index (κ1) is 24.2. The van der Waals surface area contributed by atoms with Gasteiger partial charge in [0.2, 0.25) is 5.62 Å². The second kappa shape index (κ2) is 10.7. The zero-order chi connectivity index (χ0) is 25.8. The minimum atomic E-state index is -0.343. The summed E-state index contributed by atoms with van der Waals surface area (Å²) in [6.07, 6.45) is 5.85. The molecule has 0 atom stereocenters. The van der Waals surface area contributed by atoms with Gasteiger partial charge in [-0.05, 0) is 42.7 Å². The molecule has 4 aromatic rings. The van der Waals surface area contributed by atoms with Crippen LogP contribution in [0.4, 0.5) is 11.5 Å². The highest BCUT2D eigenvalue weighted by atomic mass is 16.1. The van der Waals surface area contributed by atoms with Gasteiger partial charge in [-0.15, -0.1) is 0 Å². The van der Waals surface area contributed by atoms with Gasteiger partial charge in [-0.1, -0.05) is 61.4 Å². The summed E-state index contributed by atoms with van der Waals surface area (Å²) in [5, 5.41) is 11.9. The van der Waals surface area contributed by atoms with Gasteiger partial charge in [0.15, 0.2) is 0 Å². The van der Waals surface area contributed by atoms with Crippen LogP contribution in [0.5, 0.6) is 0 Å². The van der Waals surface area contributed by atoms with Crippen LogP contribution in [0.3, 0.4) is 0 Å². The lowest BCUT2D eigenvalue weighted by atomic mass is 10.1. The van der Waals surface area contributed by atoms with Crippen LogP contribution < -0.4 is 22.2 Å². The molecular formula is C29H31N7O. The van der Waals surface area contributed by atoms with E-state index < -0.39 is 0 Å². The largest absolute Gasteiger partial charge is 0.384 e. The van der Waals surface area contributed by atoms with Crippen molar-refractivity contribution in [3.63, 3.8) is 0 Å². The van der Waals surface area contributed by atoms with Crippen molar-refractivity contribution in [1.29, 1.82) is 5.41 Å². The Morgan fingerprint density at radius 1 is 1.05 bits per heavy atom. The Labute approximate surface area is 215 Å². The van der Waals surface area contributed by atoms with Gasteiger partial charge in [0.1, 0.15) is 17.2 Å². The summed E-state index contributed by atoms with van der Waals surface area (Å²) in [5.74, 6) is 0.678. The van der Waals surface area contributed by atoms with Crippen LogP contribution in [-0.4, -0.2) is 20.0 Å². The van der Waals surface area contributed by atoms with E-state index in [0.29, 0.717) is 17.9 Å². The average molecular weight is 494 g/mol. The van der Waals surface area contributed by atoms with Crippen molar-refractivity contribution in [2.45, 2.75) is 38.3 Å². The number of amidine groups is 1. The highest BCUT2D eigenvalue weighted by Crippen LogP contribution is 2.30. The SMILES string of the molecule is Cn1c(=O)c(C(=NCc2ccc(-c3ccccn3)cc2)Nc2ccccc2)c(N)n(C2CCCC2)c1=N. The van der Waals surface area contributed by atoms with Crippen molar-refractivity contribution in [2.24, 2.45) is 12.0 Å². The highest BCUT2D eigenvalue weighted by Gasteiger charge is 2.25. The minimum Gasteiger partial charge on any atom is -0.384 e. The maximum atomic E-state index is 13.4. The maximum Gasteiger partial charge on any atom is 0.267 e. The van der Waals surface area contributed by atoms with Crippen molar-refractivity contribution in [3.8, 4) is 11.3 Å². The molecule has 0 amide bonds. The van der Waals surface area contributed by atoms with E-state index in [-0.39, 0.29) is 23.0 Å². The first-order valence-electron chi connectivity index (χ1n) is 12.6. The summed E-state index contributed by atoms with van der Waals surface area (Å²) < 4.78 is 3.15. The van der Waals surface area contributed by atoms with Crippen LogP contribution in [0, 0.1) is 5.41 Å². The van der Waals surface area contributed by atoms with Crippen molar-refractivity contribution in [3.05, 3.63) is 106 Å². The molecule has 5 rings (SSSR count). The lowest BCUT2D eigenvalue weighted by Crippen LogP contribution is -2.44. The first-order chi connectivity index (χ1) is 18.0. The van der Waals surface area contributed by atoms with Gasteiger partial charge in [0.25, 0.3) is 5.56 Å². The summed E-state index contributed by atoms with van der Waals surface area (Å²) in [7, 11) is 1.62. The number of aromatic nitrogens is 3. The maximum absolute atomic E-state index is 13.4. The fraction of sp³-hybridized carbons (Fsp3) is 0.241. The Hall–Kier alpha value is -4.46. The number of nitrogens with one attached hydrogen (secondary N) is 2. The minimum absolute atomic E-state index is 0.107. The molecule has 8 heteroatoms. The van der Waals surface area contributed by atoms with Gasteiger partial charge in [-0.3, -0.25) is 29.3 Å². The quantitative estimate of drug-likeness (QED) is 0.271. The Morgan fingerprint density at radius 3 is 2.43 bits per heavy atom. The van der Waals surface area contributed by atoms with Gasteiger partial charge >= 0.3 is 0 Å². The number of para-hydroxylation sites is 1. The van der Waals surface area contributed by atoms with Crippen molar-refractivity contribution >= 4 is 17.3 Å². The molecular weight excluding hydrogens is 462 g/mol. The van der Waals surface area contributed by atoms with E-state index in [9.17, 15) is 4.79 Å². The second-order valence-electron chi connectivity index (χ2n) is 9.32. The summed E-state index contributed by atoms with van der Waals surface area (Å²) in [6.45, 7) is 0.353. The molecule has 37 heavy (non-hydrogen) atoms. The molecule has 1 aliphatic carbocycles. The lowest BCUT2D eigenvalue weighted by molar-refractivity contribution is 0.467. The second-order valence-corrected chi connectivity index (χ2v) is 9.32. The number of hydrogen-bond donors (Lipinski definition) is 3. The molecule has 0 spiro atoms. The zero-order valence-electron chi connectivity index (χ0n) is 20.9. The van der Waals surface area contributed by atoms with Crippen molar-refractivity contribution < 1.29 is 0 Å². The van der Waals surface area contributed by atoms with Crippen LogP contribution in [-0.2, 0) is 13.6 Å². The molecule has 2 aromatic heterocycles. The molecule has 2 aromatic carbocycles. The molecule has 8 nitrogen and oxygen atoms in total.